The van der Waals surface area contributed by atoms with Crippen LogP contribution in [0.1, 0.15) is 25.0 Å². The lowest BCUT2D eigenvalue weighted by molar-refractivity contribution is 1.13. The fourth-order valence-corrected chi connectivity index (χ4v) is 3.73. The Labute approximate surface area is 175 Å². The van der Waals surface area contributed by atoms with E-state index in [1.54, 1.807) is 0 Å². The molecule has 0 unspecified atom stereocenters. The van der Waals surface area contributed by atoms with Gasteiger partial charge in [-0.2, -0.15) is 0 Å². The molecule has 0 amide bonds. The summed E-state index contributed by atoms with van der Waals surface area (Å²) in [6.45, 7) is 9.39. The van der Waals surface area contributed by atoms with Crippen molar-refractivity contribution in [3.8, 4) is 0 Å². The first-order chi connectivity index (χ1) is 13.8. The van der Waals surface area contributed by atoms with Gasteiger partial charge in [0.2, 0.25) is 0 Å². The van der Waals surface area contributed by atoms with E-state index in [-0.39, 0.29) is 0 Å². The fraction of sp³-hybridized carbons (Fsp3) is 0.269. The van der Waals surface area contributed by atoms with Crippen molar-refractivity contribution < 1.29 is 0 Å². The van der Waals surface area contributed by atoms with Crippen LogP contribution in [0.5, 0.6) is 0 Å². The Kier molecular flexibility index (Phi) is 6.07. The second-order valence-corrected chi connectivity index (χ2v) is 7.79. The van der Waals surface area contributed by atoms with Gasteiger partial charge in [-0.05, 0) is 72.0 Å². The molecule has 2 aromatic carbocycles. The second kappa shape index (κ2) is 8.52. The Balaban J connectivity index is 2.05. The number of nitrogens with zero attached hydrogens (tertiary/aromatic N) is 3. The number of aliphatic imine (C=N–C) groups is 1. The molecule has 0 N–H and O–H groups in total. The second-order valence-electron chi connectivity index (χ2n) is 7.79. The maximum Gasteiger partial charge on any atom is 0.0688 e. The average molecular weight is 386 g/mol. The molecule has 0 bridgehead atoms. The first-order valence-corrected chi connectivity index (χ1v) is 10.1. The van der Waals surface area contributed by atoms with Gasteiger partial charge in [0.05, 0.1) is 5.71 Å². The van der Waals surface area contributed by atoms with Gasteiger partial charge in [0.1, 0.15) is 0 Å². The molecule has 0 aliphatic heterocycles. The van der Waals surface area contributed by atoms with Gasteiger partial charge in [-0.25, -0.2) is 0 Å². The lowest BCUT2D eigenvalue weighted by Crippen LogP contribution is -2.13. The topological polar surface area (TPSA) is 18.8 Å². The quantitative estimate of drug-likeness (QED) is 0.657. The Morgan fingerprint density at radius 2 is 1.28 bits per heavy atom. The summed E-state index contributed by atoms with van der Waals surface area (Å²) in [4.78, 5) is 9.09. The Morgan fingerprint density at radius 1 is 0.793 bits per heavy atom. The summed E-state index contributed by atoms with van der Waals surface area (Å²) in [5.41, 5.74) is 10.3. The van der Waals surface area contributed by atoms with Crippen molar-refractivity contribution in [2.24, 2.45) is 4.99 Å². The highest BCUT2D eigenvalue weighted by molar-refractivity contribution is 6.36. The molecule has 0 fully saturated rings. The number of allylic oxidation sites excluding steroid dienone is 5. The van der Waals surface area contributed by atoms with Crippen LogP contribution in [-0.2, 0) is 0 Å². The molecule has 1 aliphatic carbocycles. The van der Waals surface area contributed by atoms with Crippen LogP contribution in [0.15, 0.2) is 77.3 Å². The molecule has 0 atom stereocenters. The van der Waals surface area contributed by atoms with Crippen LogP contribution < -0.4 is 9.80 Å². The maximum atomic E-state index is 4.87. The zero-order valence-corrected chi connectivity index (χ0v) is 18.5. The summed E-state index contributed by atoms with van der Waals surface area (Å²) in [5, 5.41) is 0. The zero-order valence-electron chi connectivity index (χ0n) is 18.5. The smallest absolute Gasteiger partial charge is 0.0688 e. The molecule has 29 heavy (non-hydrogen) atoms. The van der Waals surface area contributed by atoms with Gasteiger partial charge in [-0.15, -0.1) is 0 Å². The van der Waals surface area contributed by atoms with E-state index in [9.17, 15) is 0 Å². The summed E-state index contributed by atoms with van der Waals surface area (Å²) >= 11 is 0. The van der Waals surface area contributed by atoms with Crippen LogP contribution in [0.3, 0.4) is 0 Å². The van der Waals surface area contributed by atoms with E-state index in [1.807, 2.05) is 0 Å². The molecule has 0 radical (unpaired) electrons. The monoisotopic (exact) mass is 385 g/mol. The van der Waals surface area contributed by atoms with E-state index in [0.717, 1.165) is 23.4 Å². The van der Waals surface area contributed by atoms with E-state index in [2.05, 4.69) is 113 Å². The largest absolute Gasteiger partial charge is 0.378 e. The van der Waals surface area contributed by atoms with Crippen LogP contribution in [0, 0.1) is 0 Å². The molecule has 3 nitrogen and oxygen atoms in total. The van der Waals surface area contributed by atoms with E-state index in [0.29, 0.717) is 0 Å². The van der Waals surface area contributed by atoms with E-state index in [4.69, 9.17) is 4.99 Å². The first kappa shape index (κ1) is 20.7. The Hall–Kier alpha value is -3.07. The summed E-state index contributed by atoms with van der Waals surface area (Å²) in [5.74, 6) is 0. The third kappa shape index (κ3) is 4.19. The standard InChI is InChI=1S/C26H31N3/c1-8-27-26-19(3)25(21-11-15-23(16-12-21)29(6)7)18(2)17-24(26)20-9-13-22(14-10-20)28(4)5/h9-17H,2,8H2,1,3-7H3. The van der Waals surface area contributed by atoms with Crippen LogP contribution in [0.2, 0.25) is 0 Å². The third-order valence-electron chi connectivity index (χ3n) is 5.31. The first-order valence-electron chi connectivity index (χ1n) is 10.1. The molecule has 3 heteroatoms. The van der Waals surface area contributed by atoms with Gasteiger partial charge < -0.3 is 9.80 Å². The Bertz CT molecular complexity index is 985. The minimum atomic E-state index is 0.749. The number of benzene rings is 2. The molecule has 3 rings (SSSR count). The Morgan fingerprint density at radius 3 is 1.72 bits per heavy atom. The van der Waals surface area contributed by atoms with Crippen molar-refractivity contribution in [1.29, 1.82) is 0 Å². The van der Waals surface area contributed by atoms with E-state index < -0.39 is 0 Å². The molecule has 0 saturated heterocycles. The molecule has 0 aromatic heterocycles. The summed E-state index contributed by atoms with van der Waals surface area (Å²) < 4.78 is 0. The SMILES string of the molecule is C=C1C=C(c2ccc(N(C)C)cc2)C(=NCC)C(C)=C1c1ccc(N(C)C)cc1. The predicted molar refractivity (Wildman–Crippen MR) is 129 cm³/mol. The molecular formula is C26H31N3. The van der Waals surface area contributed by atoms with Gasteiger partial charge in [-0.1, -0.05) is 30.8 Å². The summed E-state index contributed by atoms with van der Waals surface area (Å²) in [6.07, 6.45) is 2.18. The highest BCUT2D eigenvalue weighted by Gasteiger charge is 2.23. The minimum Gasteiger partial charge on any atom is -0.378 e. The predicted octanol–water partition coefficient (Wildman–Crippen LogP) is 5.71. The fourth-order valence-electron chi connectivity index (χ4n) is 3.73. The molecule has 150 valence electrons. The van der Waals surface area contributed by atoms with Crippen LogP contribution in [0.4, 0.5) is 11.4 Å². The van der Waals surface area contributed by atoms with E-state index >= 15 is 0 Å². The van der Waals surface area contributed by atoms with Crippen molar-refractivity contribution >= 4 is 28.2 Å². The van der Waals surface area contributed by atoms with Gasteiger partial charge in [0, 0.05) is 51.7 Å². The highest BCUT2D eigenvalue weighted by Crippen LogP contribution is 2.37. The molecule has 2 aromatic rings. The maximum absolute atomic E-state index is 4.87. The minimum absolute atomic E-state index is 0.749. The number of hydrogen-bond acceptors (Lipinski definition) is 3. The molecule has 1 aliphatic rings. The van der Waals surface area contributed by atoms with Crippen molar-refractivity contribution in [3.63, 3.8) is 0 Å². The highest BCUT2D eigenvalue weighted by atomic mass is 15.1. The lowest BCUT2D eigenvalue weighted by Gasteiger charge is -2.24. The zero-order chi connectivity index (χ0) is 21.1. The van der Waals surface area contributed by atoms with Crippen LogP contribution >= 0.6 is 0 Å². The van der Waals surface area contributed by atoms with Gasteiger partial charge in [-0.3, -0.25) is 4.99 Å². The van der Waals surface area contributed by atoms with Gasteiger partial charge in [0.15, 0.2) is 0 Å². The number of anilines is 2. The van der Waals surface area contributed by atoms with Crippen molar-refractivity contribution in [3.05, 3.63) is 83.5 Å². The summed E-state index contributed by atoms with van der Waals surface area (Å²) in [6, 6.07) is 17.3. The average Bonchev–Trinajstić information content (AvgIpc) is 2.70. The van der Waals surface area contributed by atoms with Gasteiger partial charge in [0.25, 0.3) is 0 Å². The number of rotatable bonds is 5. The van der Waals surface area contributed by atoms with E-state index in [1.165, 1.54) is 33.6 Å². The normalized spacial score (nSPS) is 15.6. The van der Waals surface area contributed by atoms with Crippen molar-refractivity contribution in [2.45, 2.75) is 13.8 Å². The summed E-state index contributed by atoms with van der Waals surface area (Å²) in [7, 11) is 8.23. The number of hydrogen-bond donors (Lipinski definition) is 0. The van der Waals surface area contributed by atoms with Gasteiger partial charge >= 0.3 is 0 Å². The molecule has 0 spiro atoms. The molecule has 0 saturated carbocycles. The lowest BCUT2D eigenvalue weighted by atomic mass is 9.81. The van der Waals surface area contributed by atoms with Crippen LogP contribution in [-0.4, -0.2) is 40.4 Å². The third-order valence-corrected chi connectivity index (χ3v) is 5.31. The van der Waals surface area contributed by atoms with Crippen molar-refractivity contribution in [1.82, 2.24) is 0 Å². The molecule has 0 heterocycles. The molecular weight excluding hydrogens is 354 g/mol. The van der Waals surface area contributed by atoms with Crippen molar-refractivity contribution in [2.75, 3.05) is 44.5 Å². The van der Waals surface area contributed by atoms with Crippen LogP contribution in [0.25, 0.3) is 11.1 Å².